The fourth-order valence-corrected chi connectivity index (χ4v) is 3.68. The van der Waals surface area contributed by atoms with Gasteiger partial charge in [0.2, 0.25) is 5.69 Å². The van der Waals surface area contributed by atoms with Crippen molar-refractivity contribution >= 4 is 18.2 Å². The van der Waals surface area contributed by atoms with E-state index in [1.54, 1.807) is 7.11 Å². The lowest BCUT2D eigenvalue weighted by molar-refractivity contribution is -0.706. The van der Waals surface area contributed by atoms with Crippen molar-refractivity contribution in [3.8, 4) is 11.3 Å². The molecule has 0 spiro atoms. The molecule has 0 fully saturated rings. The number of aromatic nitrogens is 1. The summed E-state index contributed by atoms with van der Waals surface area (Å²) < 4.78 is 7.78. The van der Waals surface area contributed by atoms with Crippen LogP contribution in [0.1, 0.15) is 57.7 Å². The van der Waals surface area contributed by atoms with Crippen molar-refractivity contribution in [2.24, 2.45) is 0 Å². The maximum absolute atomic E-state index is 5.47. The lowest BCUT2D eigenvalue weighted by Gasteiger charge is -2.20. The predicted octanol–water partition coefficient (Wildman–Crippen LogP) is 4.77. The molecule has 2 heteroatoms. The number of methoxy groups -OCH3 is 1. The Morgan fingerprint density at radius 2 is 1.82 bits per heavy atom. The minimum Gasteiger partial charge on any atom is -0.384 e. The second kappa shape index (κ2) is 9.16. The molecular weight excluding hydrogens is 342 g/mol. The Morgan fingerprint density at radius 3 is 2.36 bits per heavy atom. The zero-order valence-electron chi connectivity index (χ0n) is 18.3. The standard InChI is InChI=1S/C26H34NO/c1-17(2)15-22-13-14-27(19(5)6)26(21(22)8)25-23(18(3)4)11-10-12-24(25)20(7)16-28-9/h10-15,19-20H,1,3,8,16H2,2,4-7,9H3/q+1/b22-15-/t20-/m1/s1. The van der Waals surface area contributed by atoms with Crippen LogP contribution in [0, 0.1) is 0 Å². The van der Waals surface area contributed by atoms with Gasteiger partial charge in [-0.05, 0) is 44.0 Å². The van der Waals surface area contributed by atoms with Crippen molar-refractivity contribution in [2.45, 2.75) is 46.6 Å². The van der Waals surface area contributed by atoms with Crippen LogP contribution < -0.4 is 15.0 Å². The SMILES string of the molecule is C=C(C)/C=c1/cc[n+](C(C)C)c(-c2c(C(=C)C)cccc2[C@H](C)COC)c1=C. The predicted molar refractivity (Wildman–Crippen MR) is 122 cm³/mol. The topological polar surface area (TPSA) is 13.1 Å². The summed E-state index contributed by atoms with van der Waals surface area (Å²) in [5.74, 6) is 0.257. The van der Waals surface area contributed by atoms with E-state index in [-0.39, 0.29) is 5.92 Å². The van der Waals surface area contributed by atoms with E-state index in [0.29, 0.717) is 12.6 Å². The van der Waals surface area contributed by atoms with Gasteiger partial charge in [0.05, 0.1) is 12.2 Å². The van der Waals surface area contributed by atoms with Gasteiger partial charge in [-0.1, -0.05) is 62.1 Å². The molecule has 0 bridgehead atoms. The van der Waals surface area contributed by atoms with Crippen LogP contribution in [0.4, 0.5) is 0 Å². The van der Waals surface area contributed by atoms with Gasteiger partial charge in [-0.3, -0.25) is 0 Å². The monoisotopic (exact) mass is 376 g/mol. The molecule has 1 heterocycles. The summed E-state index contributed by atoms with van der Waals surface area (Å²) >= 11 is 0. The minimum absolute atomic E-state index is 0.257. The second-order valence-corrected chi connectivity index (χ2v) is 8.00. The van der Waals surface area contributed by atoms with Crippen LogP contribution in [-0.2, 0) is 4.74 Å². The molecule has 0 unspecified atom stereocenters. The van der Waals surface area contributed by atoms with Crippen LogP contribution >= 0.6 is 0 Å². The number of hydrogen-bond acceptors (Lipinski definition) is 1. The fraction of sp³-hybridized carbons (Fsp3) is 0.346. The quantitative estimate of drug-likeness (QED) is 0.634. The van der Waals surface area contributed by atoms with Gasteiger partial charge in [0.15, 0.2) is 12.2 Å². The number of allylic oxidation sites excluding steroid dienone is 2. The molecule has 2 nitrogen and oxygen atoms in total. The summed E-state index contributed by atoms with van der Waals surface area (Å²) in [6.07, 6.45) is 4.25. The molecule has 148 valence electrons. The highest BCUT2D eigenvalue weighted by molar-refractivity contribution is 5.80. The van der Waals surface area contributed by atoms with E-state index >= 15 is 0 Å². The van der Waals surface area contributed by atoms with Gasteiger partial charge in [-0.15, -0.1) is 0 Å². The summed E-state index contributed by atoms with van der Waals surface area (Å²) in [6.45, 7) is 24.1. The van der Waals surface area contributed by atoms with E-state index in [1.165, 1.54) is 11.1 Å². The average Bonchev–Trinajstić information content (AvgIpc) is 2.62. The van der Waals surface area contributed by atoms with Crippen LogP contribution in [0.5, 0.6) is 0 Å². The summed E-state index contributed by atoms with van der Waals surface area (Å²) in [5.41, 5.74) is 6.82. The molecule has 2 aromatic rings. The maximum atomic E-state index is 5.47. The Morgan fingerprint density at radius 1 is 1.14 bits per heavy atom. The van der Waals surface area contributed by atoms with E-state index in [4.69, 9.17) is 4.74 Å². The molecular formula is C26H34NO+. The number of hydrogen-bond donors (Lipinski definition) is 0. The normalized spacial score (nSPS) is 13.0. The Labute approximate surface area is 170 Å². The molecule has 1 aromatic heterocycles. The molecule has 0 aliphatic heterocycles. The summed E-state index contributed by atoms with van der Waals surface area (Å²) in [6, 6.07) is 8.90. The average molecular weight is 377 g/mol. The Hall–Kier alpha value is -2.45. The third kappa shape index (κ3) is 4.51. The molecule has 0 aliphatic carbocycles. The number of benzene rings is 1. The molecule has 0 saturated carbocycles. The third-order valence-electron chi connectivity index (χ3n) is 5.01. The molecule has 2 rings (SSSR count). The van der Waals surface area contributed by atoms with Gasteiger partial charge < -0.3 is 4.74 Å². The number of ether oxygens (including phenoxy) is 1. The smallest absolute Gasteiger partial charge is 0.220 e. The van der Waals surface area contributed by atoms with E-state index in [0.717, 1.165) is 32.8 Å². The van der Waals surface area contributed by atoms with Crippen molar-refractivity contribution in [3.05, 3.63) is 70.8 Å². The van der Waals surface area contributed by atoms with E-state index in [1.807, 2.05) is 6.92 Å². The van der Waals surface area contributed by atoms with Crippen molar-refractivity contribution < 1.29 is 9.30 Å². The molecule has 0 N–H and O–H groups in total. The zero-order valence-corrected chi connectivity index (χ0v) is 18.3. The van der Waals surface area contributed by atoms with Crippen LogP contribution in [-0.4, -0.2) is 13.7 Å². The molecule has 0 amide bonds. The molecule has 0 aliphatic rings. The highest BCUT2D eigenvalue weighted by atomic mass is 16.5. The largest absolute Gasteiger partial charge is 0.384 e. The first-order chi connectivity index (χ1) is 13.2. The molecule has 28 heavy (non-hydrogen) atoms. The van der Waals surface area contributed by atoms with Gasteiger partial charge in [-0.2, -0.15) is 4.57 Å². The number of rotatable bonds is 7. The van der Waals surface area contributed by atoms with Crippen LogP contribution in [0.25, 0.3) is 29.5 Å². The van der Waals surface area contributed by atoms with Crippen LogP contribution in [0.15, 0.2) is 49.2 Å². The second-order valence-electron chi connectivity index (χ2n) is 8.00. The van der Waals surface area contributed by atoms with Crippen molar-refractivity contribution in [2.75, 3.05) is 13.7 Å². The highest BCUT2D eigenvalue weighted by Crippen LogP contribution is 2.33. The molecule has 1 aromatic carbocycles. The summed E-state index contributed by atoms with van der Waals surface area (Å²) in [7, 11) is 1.75. The van der Waals surface area contributed by atoms with Gasteiger partial charge in [-0.25, -0.2) is 0 Å². The van der Waals surface area contributed by atoms with Gasteiger partial charge in [0, 0.05) is 24.3 Å². The van der Waals surface area contributed by atoms with Crippen LogP contribution in [0.2, 0.25) is 0 Å². The first-order valence-electron chi connectivity index (χ1n) is 9.87. The van der Waals surface area contributed by atoms with Gasteiger partial charge >= 0.3 is 0 Å². The highest BCUT2D eigenvalue weighted by Gasteiger charge is 2.25. The Balaban J connectivity index is 3.03. The van der Waals surface area contributed by atoms with E-state index in [2.05, 4.69) is 88.5 Å². The minimum atomic E-state index is 0.257. The van der Waals surface area contributed by atoms with E-state index in [9.17, 15) is 0 Å². The van der Waals surface area contributed by atoms with Crippen LogP contribution in [0.3, 0.4) is 0 Å². The Kier molecular flexibility index (Phi) is 7.15. The third-order valence-corrected chi connectivity index (χ3v) is 5.01. The molecule has 0 radical (unpaired) electrons. The molecule has 1 atom stereocenters. The summed E-state index contributed by atoms with van der Waals surface area (Å²) in [5, 5.41) is 2.11. The van der Waals surface area contributed by atoms with Gasteiger partial charge in [0.25, 0.3) is 0 Å². The first-order valence-corrected chi connectivity index (χ1v) is 9.87. The first kappa shape index (κ1) is 21.8. The van der Waals surface area contributed by atoms with Gasteiger partial charge in [0.1, 0.15) is 0 Å². The molecule has 0 saturated heterocycles. The van der Waals surface area contributed by atoms with Crippen molar-refractivity contribution in [3.63, 3.8) is 0 Å². The number of pyridine rings is 1. The fourth-order valence-electron chi connectivity index (χ4n) is 3.68. The maximum Gasteiger partial charge on any atom is 0.220 e. The summed E-state index contributed by atoms with van der Waals surface area (Å²) in [4.78, 5) is 0. The Bertz CT molecular complexity index is 998. The number of nitrogens with zero attached hydrogens (tertiary/aromatic N) is 1. The zero-order chi connectivity index (χ0) is 21.0. The van der Waals surface area contributed by atoms with E-state index < -0.39 is 0 Å². The van der Waals surface area contributed by atoms with Crippen molar-refractivity contribution in [1.82, 2.24) is 0 Å². The lowest BCUT2D eigenvalue weighted by atomic mass is 9.87. The lowest BCUT2D eigenvalue weighted by Crippen LogP contribution is -2.47. The van der Waals surface area contributed by atoms with Crippen molar-refractivity contribution in [1.29, 1.82) is 0 Å².